The number of aromatic nitrogens is 1. The lowest BCUT2D eigenvalue weighted by Gasteiger charge is -2.19. The molecule has 0 fully saturated rings. The van der Waals surface area contributed by atoms with E-state index in [1.165, 1.54) is 7.11 Å². The van der Waals surface area contributed by atoms with Gasteiger partial charge in [-0.1, -0.05) is 12.1 Å². The quantitative estimate of drug-likeness (QED) is 0.635. The Morgan fingerprint density at radius 2 is 1.90 bits per heavy atom. The van der Waals surface area contributed by atoms with E-state index >= 15 is 0 Å². The van der Waals surface area contributed by atoms with Crippen LogP contribution >= 0.6 is 0 Å². The number of amides is 1. The molecule has 7 nitrogen and oxygen atoms in total. The Bertz CT molecular complexity index is 1180. The second-order valence-electron chi connectivity index (χ2n) is 7.10. The summed E-state index contributed by atoms with van der Waals surface area (Å²) in [7, 11) is 3.14. The van der Waals surface area contributed by atoms with Crippen LogP contribution in [0.25, 0.3) is 16.5 Å². The highest BCUT2D eigenvalue weighted by molar-refractivity contribution is 6.18. The number of carbonyl (C=O) groups is 2. The minimum Gasteiger partial charge on any atom is -0.497 e. The van der Waals surface area contributed by atoms with Crippen LogP contribution < -0.4 is 9.47 Å². The molecule has 0 saturated carbocycles. The monoisotopic (exact) mass is 420 g/mol. The van der Waals surface area contributed by atoms with Crippen LogP contribution in [-0.4, -0.2) is 49.1 Å². The van der Waals surface area contributed by atoms with Gasteiger partial charge < -0.3 is 24.1 Å². The third-order valence-electron chi connectivity index (χ3n) is 5.36. The van der Waals surface area contributed by atoms with Crippen molar-refractivity contribution in [2.24, 2.45) is 0 Å². The van der Waals surface area contributed by atoms with Crippen molar-refractivity contribution in [3.8, 4) is 11.5 Å². The van der Waals surface area contributed by atoms with E-state index in [1.54, 1.807) is 43.3 Å². The zero-order valence-electron chi connectivity index (χ0n) is 17.7. The standard InChI is InChI=1S/C24H24N2O5/c1-4-31-24(28)19-14-26(23(27)17-7-5-6-8-21(17)30-3)12-11-16-18-13-15(29-2)9-10-20(18)25-22(16)19/h5-10,13-14,25H,4,11-12H2,1-3H3. The Morgan fingerprint density at radius 1 is 1.10 bits per heavy atom. The molecule has 1 aliphatic heterocycles. The molecule has 0 spiro atoms. The molecule has 3 aromatic rings. The maximum Gasteiger partial charge on any atom is 0.341 e. The smallest absolute Gasteiger partial charge is 0.341 e. The highest BCUT2D eigenvalue weighted by atomic mass is 16.5. The molecule has 7 heteroatoms. The molecule has 2 heterocycles. The molecule has 0 radical (unpaired) electrons. The van der Waals surface area contributed by atoms with Gasteiger partial charge in [0.15, 0.2) is 0 Å². The van der Waals surface area contributed by atoms with E-state index in [0.717, 1.165) is 22.2 Å². The van der Waals surface area contributed by atoms with Crippen LogP contribution in [0.5, 0.6) is 11.5 Å². The third kappa shape index (κ3) is 3.74. The maximum atomic E-state index is 13.3. The number of nitrogens with one attached hydrogen (secondary N) is 1. The fourth-order valence-electron chi connectivity index (χ4n) is 3.86. The van der Waals surface area contributed by atoms with E-state index in [0.29, 0.717) is 35.5 Å². The Morgan fingerprint density at radius 3 is 2.65 bits per heavy atom. The van der Waals surface area contributed by atoms with Crippen LogP contribution in [-0.2, 0) is 16.0 Å². The van der Waals surface area contributed by atoms with Gasteiger partial charge in [0.05, 0.1) is 37.7 Å². The number of rotatable bonds is 5. The average molecular weight is 420 g/mol. The molecule has 0 unspecified atom stereocenters. The van der Waals surface area contributed by atoms with Crippen molar-refractivity contribution < 1.29 is 23.8 Å². The summed E-state index contributed by atoms with van der Waals surface area (Å²) in [6.45, 7) is 2.39. The minimum absolute atomic E-state index is 0.236. The summed E-state index contributed by atoms with van der Waals surface area (Å²) in [6, 6.07) is 12.8. The van der Waals surface area contributed by atoms with Crippen molar-refractivity contribution >= 4 is 28.4 Å². The van der Waals surface area contributed by atoms with Gasteiger partial charge in [0.2, 0.25) is 0 Å². The number of aromatic amines is 1. The van der Waals surface area contributed by atoms with Gasteiger partial charge in [0.1, 0.15) is 11.5 Å². The van der Waals surface area contributed by atoms with E-state index in [4.69, 9.17) is 14.2 Å². The van der Waals surface area contributed by atoms with E-state index in [-0.39, 0.29) is 12.5 Å². The van der Waals surface area contributed by atoms with E-state index in [1.807, 2.05) is 24.3 Å². The molecule has 0 atom stereocenters. The summed E-state index contributed by atoms with van der Waals surface area (Å²) in [5, 5.41) is 0.955. The Kier molecular flexibility index (Phi) is 5.66. The van der Waals surface area contributed by atoms with E-state index in [2.05, 4.69) is 4.98 Å². The maximum absolute atomic E-state index is 13.3. The number of benzene rings is 2. The minimum atomic E-state index is -0.484. The van der Waals surface area contributed by atoms with E-state index in [9.17, 15) is 9.59 Å². The van der Waals surface area contributed by atoms with Gasteiger partial charge in [0.25, 0.3) is 5.91 Å². The largest absolute Gasteiger partial charge is 0.497 e. The number of methoxy groups -OCH3 is 2. The van der Waals surface area contributed by atoms with Crippen molar-refractivity contribution in [2.75, 3.05) is 27.4 Å². The molecule has 1 N–H and O–H groups in total. The zero-order valence-corrected chi connectivity index (χ0v) is 17.7. The Labute approximate surface area is 180 Å². The number of esters is 1. The SMILES string of the molecule is CCOC(=O)C1=CN(C(=O)c2ccccc2OC)CCc2c1[nH]c1ccc(OC)cc21. The Balaban J connectivity index is 1.82. The number of hydrogen-bond donors (Lipinski definition) is 1. The summed E-state index contributed by atoms with van der Waals surface area (Å²) < 4.78 is 16.0. The fraction of sp³-hybridized carbons (Fsp3) is 0.250. The van der Waals surface area contributed by atoms with Crippen molar-refractivity contribution in [1.82, 2.24) is 9.88 Å². The van der Waals surface area contributed by atoms with Gasteiger partial charge in [0, 0.05) is 23.6 Å². The van der Waals surface area contributed by atoms with Crippen LogP contribution in [0.3, 0.4) is 0 Å². The molecule has 2 aromatic carbocycles. The predicted molar refractivity (Wildman–Crippen MR) is 117 cm³/mol. The number of hydrogen-bond acceptors (Lipinski definition) is 5. The highest BCUT2D eigenvalue weighted by Crippen LogP contribution is 2.34. The average Bonchev–Trinajstić information content (AvgIpc) is 3.04. The van der Waals surface area contributed by atoms with Crippen LogP contribution in [0.2, 0.25) is 0 Å². The van der Waals surface area contributed by atoms with Crippen molar-refractivity contribution in [2.45, 2.75) is 13.3 Å². The second-order valence-corrected chi connectivity index (χ2v) is 7.10. The molecule has 0 saturated heterocycles. The molecule has 1 amide bonds. The first-order valence-corrected chi connectivity index (χ1v) is 10.1. The fourth-order valence-corrected chi connectivity index (χ4v) is 3.86. The summed E-state index contributed by atoms with van der Waals surface area (Å²) in [5.41, 5.74) is 3.25. The Hall–Kier alpha value is -3.74. The molecule has 0 aliphatic carbocycles. The number of carbonyl (C=O) groups excluding carboxylic acids is 2. The molecular weight excluding hydrogens is 396 g/mol. The predicted octanol–water partition coefficient (Wildman–Crippen LogP) is 3.79. The van der Waals surface area contributed by atoms with Crippen LogP contribution in [0.4, 0.5) is 0 Å². The summed E-state index contributed by atoms with van der Waals surface area (Å²) >= 11 is 0. The summed E-state index contributed by atoms with van der Waals surface area (Å²) in [4.78, 5) is 31.0. The van der Waals surface area contributed by atoms with Crippen molar-refractivity contribution in [3.63, 3.8) is 0 Å². The highest BCUT2D eigenvalue weighted by Gasteiger charge is 2.28. The molecule has 4 rings (SSSR count). The van der Waals surface area contributed by atoms with Gasteiger partial charge in [-0.3, -0.25) is 4.79 Å². The molecule has 0 bridgehead atoms. The number of ether oxygens (including phenoxy) is 3. The van der Waals surface area contributed by atoms with Crippen LogP contribution in [0.1, 0.15) is 28.5 Å². The third-order valence-corrected chi connectivity index (χ3v) is 5.36. The van der Waals surface area contributed by atoms with Gasteiger partial charge in [-0.05, 0) is 49.2 Å². The van der Waals surface area contributed by atoms with Crippen LogP contribution in [0, 0.1) is 0 Å². The molecular formula is C24H24N2O5. The lowest BCUT2D eigenvalue weighted by atomic mass is 10.0. The molecule has 160 valence electrons. The first-order valence-electron chi connectivity index (χ1n) is 10.1. The first-order chi connectivity index (χ1) is 15.1. The first kappa shape index (κ1) is 20.5. The summed E-state index contributed by atoms with van der Waals surface area (Å²) in [6.07, 6.45) is 2.13. The number of fused-ring (bicyclic) bond motifs is 3. The van der Waals surface area contributed by atoms with Crippen molar-refractivity contribution in [3.05, 3.63) is 65.5 Å². The molecule has 1 aliphatic rings. The number of H-pyrrole nitrogens is 1. The van der Waals surface area contributed by atoms with Gasteiger partial charge in [-0.15, -0.1) is 0 Å². The molecule has 1 aromatic heterocycles. The lowest BCUT2D eigenvalue weighted by molar-refractivity contribution is -0.136. The normalized spacial score (nSPS) is 13.3. The zero-order chi connectivity index (χ0) is 22.0. The molecule has 31 heavy (non-hydrogen) atoms. The lowest BCUT2D eigenvalue weighted by Crippen LogP contribution is -2.28. The van der Waals surface area contributed by atoms with Crippen LogP contribution in [0.15, 0.2) is 48.7 Å². The van der Waals surface area contributed by atoms with E-state index < -0.39 is 5.97 Å². The van der Waals surface area contributed by atoms with Gasteiger partial charge in [-0.2, -0.15) is 0 Å². The van der Waals surface area contributed by atoms with Gasteiger partial charge in [-0.25, -0.2) is 4.79 Å². The van der Waals surface area contributed by atoms with Crippen molar-refractivity contribution in [1.29, 1.82) is 0 Å². The number of nitrogens with zero attached hydrogens (tertiary/aromatic N) is 1. The van der Waals surface area contributed by atoms with Gasteiger partial charge >= 0.3 is 5.97 Å². The number of para-hydroxylation sites is 1. The second kappa shape index (κ2) is 8.55. The summed E-state index contributed by atoms with van der Waals surface area (Å²) in [5.74, 6) is 0.479. The topological polar surface area (TPSA) is 80.9 Å².